The van der Waals surface area contributed by atoms with E-state index in [-0.39, 0.29) is 0 Å². The first-order chi connectivity index (χ1) is 7.61. The number of esters is 1. The van der Waals surface area contributed by atoms with Gasteiger partial charge in [0.15, 0.2) is 21.1 Å². The average Bonchev–Trinajstić information content (AvgIpc) is 2.83. The number of aromatic nitrogens is 1. The third kappa shape index (κ3) is 2.03. The summed E-state index contributed by atoms with van der Waals surface area (Å²) in [6.07, 6.45) is 0. The van der Waals surface area contributed by atoms with Crippen LogP contribution in [-0.2, 0) is 4.74 Å². The molecular weight excluding hydrogens is 294 g/mol. The summed E-state index contributed by atoms with van der Waals surface area (Å²) in [6, 6.07) is 3.58. The molecule has 2 aromatic rings. The fourth-order valence-electron chi connectivity index (χ4n) is 1.22. The number of carbonyl (C=O) groups is 1. The molecule has 0 aromatic carbocycles. The standard InChI is InChI=1S/C10H8BrNO3S/c1-5-8(10(13)14-2)12-9(16-5)6-3-4-7(11)15-6/h3-4H,1-2H3. The van der Waals surface area contributed by atoms with Gasteiger partial charge < -0.3 is 9.15 Å². The van der Waals surface area contributed by atoms with Crippen LogP contribution in [0.15, 0.2) is 21.2 Å². The van der Waals surface area contributed by atoms with Crippen LogP contribution in [0.5, 0.6) is 0 Å². The highest BCUT2D eigenvalue weighted by atomic mass is 79.9. The number of hydrogen-bond acceptors (Lipinski definition) is 5. The number of halogens is 1. The normalized spacial score (nSPS) is 10.4. The monoisotopic (exact) mass is 301 g/mol. The molecule has 0 fully saturated rings. The second-order valence-corrected chi connectivity index (χ2v) is 5.00. The van der Waals surface area contributed by atoms with Crippen molar-refractivity contribution in [3.63, 3.8) is 0 Å². The van der Waals surface area contributed by atoms with Gasteiger partial charge in [0.2, 0.25) is 0 Å². The van der Waals surface area contributed by atoms with Crippen LogP contribution in [0.4, 0.5) is 0 Å². The maximum Gasteiger partial charge on any atom is 0.357 e. The van der Waals surface area contributed by atoms with Gasteiger partial charge in [-0.1, -0.05) is 0 Å². The van der Waals surface area contributed by atoms with Crippen molar-refractivity contribution in [3.8, 4) is 10.8 Å². The lowest BCUT2D eigenvalue weighted by Gasteiger charge is -1.93. The van der Waals surface area contributed by atoms with Crippen molar-refractivity contribution in [2.75, 3.05) is 7.11 Å². The van der Waals surface area contributed by atoms with Crippen LogP contribution in [0.25, 0.3) is 10.8 Å². The van der Waals surface area contributed by atoms with E-state index in [9.17, 15) is 4.79 Å². The van der Waals surface area contributed by atoms with Gasteiger partial charge in [-0.05, 0) is 35.0 Å². The first-order valence-corrected chi connectivity index (χ1v) is 6.04. The topological polar surface area (TPSA) is 52.3 Å². The van der Waals surface area contributed by atoms with E-state index in [4.69, 9.17) is 4.42 Å². The Morgan fingerprint density at radius 3 is 2.88 bits per heavy atom. The number of thiazole rings is 1. The predicted molar refractivity (Wildman–Crippen MR) is 63.6 cm³/mol. The van der Waals surface area contributed by atoms with Gasteiger partial charge in [0, 0.05) is 4.88 Å². The van der Waals surface area contributed by atoms with E-state index in [1.54, 1.807) is 12.1 Å². The lowest BCUT2D eigenvalue weighted by Crippen LogP contribution is -2.02. The van der Waals surface area contributed by atoms with E-state index in [1.807, 2.05) is 6.92 Å². The van der Waals surface area contributed by atoms with Gasteiger partial charge in [-0.15, -0.1) is 11.3 Å². The van der Waals surface area contributed by atoms with Gasteiger partial charge in [-0.25, -0.2) is 9.78 Å². The number of rotatable bonds is 2. The molecule has 6 heteroatoms. The highest BCUT2D eigenvalue weighted by Crippen LogP contribution is 2.30. The SMILES string of the molecule is COC(=O)c1nc(-c2ccc(Br)o2)sc1C. The van der Waals surface area contributed by atoms with Crippen LogP contribution < -0.4 is 0 Å². The summed E-state index contributed by atoms with van der Waals surface area (Å²) in [7, 11) is 1.34. The largest absolute Gasteiger partial charge is 0.464 e. The van der Waals surface area contributed by atoms with E-state index in [1.165, 1.54) is 18.4 Å². The Morgan fingerprint density at radius 2 is 2.31 bits per heavy atom. The third-order valence-electron chi connectivity index (χ3n) is 1.96. The van der Waals surface area contributed by atoms with E-state index in [2.05, 4.69) is 25.7 Å². The predicted octanol–water partition coefficient (Wildman–Crippen LogP) is 3.26. The molecule has 16 heavy (non-hydrogen) atoms. The van der Waals surface area contributed by atoms with Crippen LogP contribution in [0.1, 0.15) is 15.4 Å². The van der Waals surface area contributed by atoms with Crippen LogP contribution in [0.2, 0.25) is 0 Å². The van der Waals surface area contributed by atoms with Crippen molar-refractivity contribution in [1.29, 1.82) is 0 Å². The summed E-state index contributed by atoms with van der Waals surface area (Å²) < 4.78 is 10.6. The average molecular weight is 302 g/mol. The van der Waals surface area contributed by atoms with E-state index < -0.39 is 5.97 Å². The number of nitrogens with zero attached hydrogens (tertiary/aromatic N) is 1. The number of carbonyl (C=O) groups excluding carboxylic acids is 1. The molecule has 0 spiro atoms. The highest BCUT2D eigenvalue weighted by Gasteiger charge is 2.18. The second kappa shape index (κ2) is 4.39. The Morgan fingerprint density at radius 1 is 1.56 bits per heavy atom. The molecule has 2 rings (SSSR count). The molecule has 0 atom stereocenters. The zero-order valence-electron chi connectivity index (χ0n) is 8.61. The van der Waals surface area contributed by atoms with Crippen LogP contribution in [-0.4, -0.2) is 18.1 Å². The van der Waals surface area contributed by atoms with E-state index in [0.717, 1.165) is 4.88 Å². The van der Waals surface area contributed by atoms with Gasteiger partial charge >= 0.3 is 5.97 Å². The van der Waals surface area contributed by atoms with Crippen molar-refractivity contribution in [3.05, 3.63) is 27.4 Å². The fourth-order valence-corrected chi connectivity index (χ4v) is 2.39. The van der Waals surface area contributed by atoms with Gasteiger partial charge in [0.05, 0.1) is 7.11 Å². The summed E-state index contributed by atoms with van der Waals surface area (Å²) in [5.41, 5.74) is 0.343. The van der Waals surface area contributed by atoms with Gasteiger partial charge in [0.25, 0.3) is 0 Å². The molecule has 84 valence electrons. The summed E-state index contributed by atoms with van der Waals surface area (Å²) >= 11 is 4.61. The maximum absolute atomic E-state index is 11.4. The second-order valence-electron chi connectivity index (χ2n) is 3.02. The highest BCUT2D eigenvalue weighted by molar-refractivity contribution is 9.10. The molecule has 4 nitrogen and oxygen atoms in total. The van der Waals surface area contributed by atoms with Crippen LogP contribution in [0, 0.1) is 6.92 Å². The molecule has 0 saturated carbocycles. The van der Waals surface area contributed by atoms with E-state index >= 15 is 0 Å². The van der Waals surface area contributed by atoms with Crippen molar-refractivity contribution in [2.24, 2.45) is 0 Å². The molecule has 2 aromatic heterocycles. The van der Waals surface area contributed by atoms with E-state index in [0.29, 0.717) is 21.1 Å². The van der Waals surface area contributed by atoms with Crippen LogP contribution >= 0.6 is 27.3 Å². The quantitative estimate of drug-likeness (QED) is 0.799. The summed E-state index contributed by atoms with van der Waals surface area (Å²) in [4.78, 5) is 16.4. The molecule has 2 heterocycles. The zero-order valence-corrected chi connectivity index (χ0v) is 11.0. The van der Waals surface area contributed by atoms with Crippen molar-refractivity contribution < 1.29 is 13.9 Å². The lowest BCUT2D eigenvalue weighted by atomic mass is 10.4. The maximum atomic E-state index is 11.4. The lowest BCUT2D eigenvalue weighted by molar-refractivity contribution is 0.0594. The Hall–Kier alpha value is -1.14. The molecule has 0 amide bonds. The van der Waals surface area contributed by atoms with Gasteiger partial charge in [-0.3, -0.25) is 0 Å². The number of methoxy groups -OCH3 is 1. The molecule has 0 N–H and O–H groups in total. The number of ether oxygens (including phenoxy) is 1. The molecule has 0 radical (unpaired) electrons. The number of hydrogen-bond donors (Lipinski definition) is 0. The first kappa shape index (κ1) is 11.3. The summed E-state index contributed by atoms with van der Waals surface area (Å²) in [5, 5.41) is 0.670. The van der Waals surface area contributed by atoms with Crippen molar-refractivity contribution in [2.45, 2.75) is 6.92 Å². The fraction of sp³-hybridized carbons (Fsp3) is 0.200. The molecular formula is C10H8BrNO3S. The molecule has 0 saturated heterocycles. The van der Waals surface area contributed by atoms with Gasteiger partial charge in [-0.2, -0.15) is 0 Å². The minimum Gasteiger partial charge on any atom is -0.464 e. The Labute approximate surface area is 104 Å². The Kier molecular flexibility index (Phi) is 3.11. The van der Waals surface area contributed by atoms with Crippen molar-refractivity contribution >= 4 is 33.2 Å². The molecule has 0 bridgehead atoms. The van der Waals surface area contributed by atoms with Crippen molar-refractivity contribution in [1.82, 2.24) is 4.98 Å². The smallest absolute Gasteiger partial charge is 0.357 e. The zero-order chi connectivity index (χ0) is 11.7. The molecule has 0 unspecified atom stereocenters. The summed E-state index contributed by atoms with van der Waals surface area (Å²) in [6.45, 7) is 1.82. The minimum atomic E-state index is -0.425. The van der Waals surface area contributed by atoms with Gasteiger partial charge in [0.1, 0.15) is 0 Å². The molecule has 0 aliphatic carbocycles. The molecule has 0 aliphatic rings. The number of furan rings is 1. The Balaban J connectivity index is 2.41. The third-order valence-corrected chi connectivity index (χ3v) is 3.37. The Bertz CT molecular complexity index is 532. The summed E-state index contributed by atoms with van der Waals surface area (Å²) in [5.74, 6) is 0.209. The molecule has 0 aliphatic heterocycles. The van der Waals surface area contributed by atoms with Crippen LogP contribution in [0.3, 0.4) is 0 Å². The minimum absolute atomic E-state index is 0.343. The first-order valence-electron chi connectivity index (χ1n) is 4.43. The number of aryl methyl sites for hydroxylation is 1.